The van der Waals surface area contributed by atoms with Crippen molar-refractivity contribution in [2.45, 2.75) is 38.6 Å². The van der Waals surface area contributed by atoms with E-state index in [2.05, 4.69) is 15.9 Å². The molecule has 102 valence electrons. The lowest BCUT2D eigenvalue weighted by Gasteiger charge is -2.24. The summed E-state index contributed by atoms with van der Waals surface area (Å²) >= 11 is 3.41. The molecule has 1 amide bonds. The summed E-state index contributed by atoms with van der Waals surface area (Å²) in [5.41, 5.74) is 1.01. The van der Waals surface area contributed by atoms with E-state index in [4.69, 9.17) is 0 Å². The Morgan fingerprint density at radius 2 is 2.21 bits per heavy atom. The van der Waals surface area contributed by atoms with E-state index in [-0.39, 0.29) is 17.7 Å². The van der Waals surface area contributed by atoms with Gasteiger partial charge in [-0.3, -0.25) is 9.59 Å². The molecule has 1 atom stereocenters. The molecule has 1 aliphatic heterocycles. The lowest BCUT2D eigenvalue weighted by atomic mass is 10.1. The Balaban J connectivity index is 2.01. The van der Waals surface area contributed by atoms with Crippen molar-refractivity contribution in [1.82, 2.24) is 4.90 Å². The molecule has 0 spiro atoms. The SMILES string of the molecule is CC(=O)CC1CCCN1C(=O)Cc1cccc(Br)c1. The van der Waals surface area contributed by atoms with Crippen molar-refractivity contribution in [2.24, 2.45) is 0 Å². The van der Waals surface area contributed by atoms with Crippen LogP contribution in [0.3, 0.4) is 0 Å². The molecule has 0 bridgehead atoms. The molecule has 1 fully saturated rings. The van der Waals surface area contributed by atoms with Crippen LogP contribution in [-0.2, 0) is 16.0 Å². The van der Waals surface area contributed by atoms with Crippen molar-refractivity contribution in [2.75, 3.05) is 6.54 Å². The number of carbonyl (C=O) groups excluding carboxylic acids is 2. The summed E-state index contributed by atoms with van der Waals surface area (Å²) in [5.74, 6) is 0.286. The van der Waals surface area contributed by atoms with Crippen LogP contribution in [0.25, 0.3) is 0 Å². The second-order valence-corrected chi connectivity index (χ2v) is 6.01. The average molecular weight is 324 g/mol. The van der Waals surface area contributed by atoms with Crippen LogP contribution >= 0.6 is 15.9 Å². The topological polar surface area (TPSA) is 37.4 Å². The maximum absolute atomic E-state index is 12.3. The summed E-state index contributed by atoms with van der Waals surface area (Å²) in [4.78, 5) is 25.4. The number of hydrogen-bond acceptors (Lipinski definition) is 2. The lowest BCUT2D eigenvalue weighted by Crippen LogP contribution is -2.37. The third kappa shape index (κ3) is 3.90. The summed E-state index contributed by atoms with van der Waals surface area (Å²) in [6.45, 7) is 2.38. The number of halogens is 1. The fourth-order valence-corrected chi connectivity index (χ4v) is 3.08. The molecule has 0 aromatic heterocycles. The number of ketones is 1. The molecule has 1 heterocycles. The van der Waals surface area contributed by atoms with Crippen LogP contribution in [0.15, 0.2) is 28.7 Å². The molecule has 0 aliphatic carbocycles. The number of Topliss-reactive ketones (excluding diaryl/α,β-unsaturated/α-hetero) is 1. The maximum atomic E-state index is 12.3. The molecule has 1 unspecified atom stereocenters. The lowest BCUT2D eigenvalue weighted by molar-refractivity contribution is -0.132. The largest absolute Gasteiger partial charge is 0.339 e. The zero-order valence-electron chi connectivity index (χ0n) is 11.1. The highest BCUT2D eigenvalue weighted by atomic mass is 79.9. The molecule has 0 radical (unpaired) electrons. The van der Waals surface area contributed by atoms with Crippen molar-refractivity contribution < 1.29 is 9.59 Å². The minimum absolute atomic E-state index is 0.108. The first-order valence-electron chi connectivity index (χ1n) is 6.59. The Labute approximate surface area is 122 Å². The van der Waals surface area contributed by atoms with Crippen LogP contribution < -0.4 is 0 Å². The van der Waals surface area contributed by atoms with Crippen molar-refractivity contribution >= 4 is 27.6 Å². The van der Waals surface area contributed by atoms with Crippen LogP contribution in [0.5, 0.6) is 0 Å². The van der Waals surface area contributed by atoms with Gasteiger partial charge in [0.25, 0.3) is 0 Å². The quantitative estimate of drug-likeness (QED) is 0.854. The average Bonchev–Trinajstić information content (AvgIpc) is 2.76. The smallest absolute Gasteiger partial charge is 0.227 e. The molecule has 1 aromatic rings. The number of benzene rings is 1. The molecule has 0 saturated carbocycles. The summed E-state index contributed by atoms with van der Waals surface area (Å²) in [5, 5.41) is 0. The highest BCUT2D eigenvalue weighted by Gasteiger charge is 2.29. The number of nitrogens with zero attached hydrogens (tertiary/aromatic N) is 1. The van der Waals surface area contributed by atoms with Crippen LogP contribution in [0.2, 0.25) is 0 Å². The van der Waals surface area contributed by atoms with Crippen molar-refractivity contribution in [3.8, 4) is 0 Å². The molecule has 1 aromatic carbocycles. The Morgan fingerprint density at radius 1 is 1.42 bits per heavy atom. The predicted molar refractivity (Wildman–Crippen MR) is 77.9 cm³/mol. The first kappa shape index (κ1) is 14.3. The summed E-state index contributed by atoms with van der Waals surface area (Å²) in [6.07, 6.45) is 2.85. The number of carbonyl (C=O) groups is 2. The number of hydrogen-bond donors (Lipinski definition) is 0. The summed E-state index contributed by atoms with van der Waals surface area (Å²) in [7, 11) is 0. The molecular formula is C15H18BrNO2. The van der Waals surface area contributed by atoms with Crippen LogP contribution in [0, 0.1) is 0 Å². The van der Waals surface area contributed by atoms with E-state index in [0.29, 0.717) is 12.8 Å². The Bertz CT molecular complexity index is 487. The van der Waals surface area contributed by atoms with Gasteiger partial charge in [-0.15, -0.1) is 0 Å². The van der Waals surface area contributed by atoms with Crippen LogP contribution in [0.1, 0.15) is 31.7 Å². The summed E-state index contributed by atoms with van der Waals surface area (Å²) < 4.78 is 0.986. The van der Waals surface area contributed by atoms with E-state index in [1.54, 1.807) is 6.92 Å². The molecule has 2 rings (SSSR count). The first-order chi connectivity index (χ1) is 9.06. The molecule has 0 N–H and O–H groups in total. The zero-order chi connectivity index (χ0) is 13.8. The molecule has 4 heteroatoms. The number of amides is 1. The predicted octanol–water partition coefficient (Wildman–Crippen LogP) is 2.96. The second kappa shape index (κ2) is 6.33. The molecular weight excluding hydrogens is 306 g/mol. The van der Waals surface area contributed by atoms with Crippen molar-refractivity contribution in [1.29, 1.82) is 0 Å². The Morgan fingerprint density at radius 3 is 2.89 bits per heavy atom. The van der Waals surface area contributed by atoms with Gasteiger partial charge >= 0.3 is 0 Å². The Kier molecular flexibility index (Phi) is 4.75. The normalized spacial score (nSPS) is 18.6. The minimum atomic E-state index is 0.108. The molecule has 3 nitrogen and oxygen atoms in total. The Hall–Kier alpha value is -1.16. The van der Waals surface area contributed by atoms with E-state index in [9.17, 15) is 9.59 Å². The number of likely N-dealkylation sites (tertiary alicyclic amines) is 1. The van der Waals surface area contributed by atoms with Crippen molar-refractivity contribution in [3.63, 3.8) is 0 Å². The van der Waals surface area contributed by atoms with Crippen molar-refractivity contribution in [3.05, 3.63) is 34.3 Å². The van der Waals surface area contributed by atoms with E-state index in [0.717, 1.165) is 29.4 Å². The zero-order valence-corrected chi connectivity index (χ0v) is 12.6. The summed E-state index contributed by atoms with van der Waals surface area (Å²) in [6, 6.07) is 7.91. The van der Waals surface area contributed by atoms with E-state index < -0.39 is 0 Å². The first-order valence-corrected chi connectivity index (χ1v) is 7.39. The minimum Gasteiger partial charge on any atom is -0.339 e. The fourth-order valence-electron chi connectivity index (χ4n) is 2.63. The van der Waals surface area contributed by atoms with Crippen LogP contribution in [0.4, 0.5) is 0 Å². The van der Waals surface area contributed by atoms with E-state index in [1.165, 1.54) is 0 Å². The second-order valence-electron chi connectivity index (χ2n) is 5.10. The van der Waals surface area contributed by atoms with E-state index >= 15 is 0 Å². The third-order valence-electron chi connectivity index (χ3n) is 3.46. The van der Waals surface area contributed by atoms with Gasteiger partial charge in [0.15, 0.2) is 0 Å². The van der Waals surface area contributed by atoms with Gasteiger partial charge in [0, 0.05) is 23.5 Å². The maximum Gasteiger partial charge on any atom is 0.227 e. The molecule has 1 aliphatic rings. The van der Waals surface area contributed by atoms with Gasteiger partial charge < -0.3 is 4.90 Å². The molecule has 1 saturated heterocycles. The standard InChI is InChI=1S/C15H18BrNO2/c1-11(18)8-14-6-3-7-17(14)15(19)10-12-4-2-5-13(16)9-12/h2,4-5,9,14H,3,6-8,10H2,1H3. The molecule has 19 heavy (non-hydrogen) atoms. The monoisotopic (exact) mass is 323 g/mol. The third-order valence-corrected chi connectivity index (χ3v) is 3.96. The van der Waals surface area contributed by atoms with Gasteiger partial charge in [-0.05, 0) is 37.5 Å². The number of rotatable bonds is 4. The van der Waals surface area contributed by atoms with E-state index in [1.807, 2.05) is 29.2 Å². The highest BCUT2D eigenvalue weighted by Crippen LogP contribution is 2.22. The van der Waals surface area contributed by atoms with Gasteiger partial charge in [0.1, 0.15) is 5.78 Å². The fraction of sp³-hybridized carbons (Fsp3) is 0.467. The van der Waals surface area contributed by atoms with Gasteiger partial charge in [0.05, 0.1) is 6.42 Å². The van der Waals surface area contributed by atoms with Gasteiger partial charge in [-0.2, -0.15) is 0 Å². The van der Waals surface area contributed by atoms with Crippen LogP contribution in [-0.4, -0.2) is 29.2 Å². The van der Waals surface area contributed by atoms with Gasteiger partial charge in [0.2, 0.25) is 5.91 Å². The van der Waals surface area contributed by atoms with Gasteiger partial charge in [-0.1, -0.05) is 28.1 Å². The highest BCUT2D eigenvalue weighted by molar-refractivity contribution is 9.10. The van der Waals surface area contributed by atoms with Gasteiger partial charge in [-0.25, -0.2) is 0 Å².